The number of ether oxygens (including phenoxy) is 1. The maximum atomic E-state index is 12.8. The van der Waals surface area contributed by atoms with Crippen LogP contribution in [0.5, 0.6) is 0 Å². The van der Waals surface area contributed by atoms with Crippen molar-refractivity contribution in [3.63, 3.8) is 0 Å². The number of morpholine rings is 1. The molecule has 0 aliphatic carbocycles. The second-order valence-electron chi connectivity index (χ2n) is 11.3. The number of amides is 1. The average Bonchev–Trinajstić information content (AvgIpc) is 3.01. The van der Waals surface area contributed by atoms with Crippen molar-refractivity contribution < 1.29 is 9.53 Å². The number of hydrogen-bond donors (Lipinski definition) is 0. The predicted octanol–water partition coefficient (Wildman–Crippen LogP) is 3.62. The number of hydrogen-bond acceptors (Lipinski definition) is 7. The van der Waals surface area contributed by atoms with E-state index in [1.165, 1.54) is 0 Å². The van der Waals surface area contributed by atoms with Gasteiger partial charge in [0.15, 0.2) is 0 Å². The third kappa shape index (κ3) is 5.68. The van der Waals surface area contributed by atoms with Crippen LogP contribution < -0.4 is 4.90 Å². The summed E-state index contributed by atoms with van der Waals surface area (Å²) < 4.78 is 6.41. The van der Waals surface area contributed by atoms with Gasteiger partial charge < -0.3 is 19.4 Å². The van der Waals surface area contributed by atoms with E-state index in [1.807, 2.05) is 47.4 Å². The van der Waals surface area contributed by atoms with E-state index >= 15 is 0 Å². The van der Waals surface area contributed by atoms with Gasteiger partial charge in [0.05, 0.1) is 23.3 Å². The lowest BCUT2D eigenvalue weighted by molar-refractivity contribution is -0.0384. The molecule has 0 saturated carbocycles. The topological polar surface area (TPSA) is 75.9 Å². The molecule has 8 nitrogen and oxygen atoms in total. The minimum absolute atomic E-state index is 0.133. The van der Waals surface area contributed by atoms with Crippen molar-refractivity contribution in [2.24, 2.45) is 0 Å². The van der Waals surface area contributed by atoms with Crippen molar-refractivity contribution in [3.8, 4) is 6.07 Å². The lowest BCUT2D eigenvalue weighted by Crippen LogP contribution is -2.56. The van der Waals surface area contributed by atoms with Crippen LogP contribution in [0.25, 0.3) is 10.9 Å². The van der Waals surface area contributed by atoms with E-state index in [-0.39, 0.29) is 18.1 Å². The Morgan fingerprint density at radius 2 is 1.75 bits per heavy atom. The summed E-state index contributed by atoms with van der Waals surface area (Å²) in [5.41, 5.74) is 3.30. The molecule has 4 heterocycles. The molecular weight excluding hydrogens is 500 g/mol. The van der Waals surface area contributed by atoms with Gasteiger partial charge in [-0.05, 0) is 69.3 Å². The Morgan fingerprint density at radius 3 is 2.50 bits per heavy atom. The number of anilines is 1. The van der Waals surface area contributed by atoms with Gasteiger partial charge in [0.25, 0.3) is 5.91 Å². The van der Waals surface area contributed by atoms with Crippen molar-refractivity contribution in [1.29, 1.82) is 5.26 Å². The van der Waals surface area contributed by atoms with E-state index in [4.69, 9.17) is 4.74 Å². The fourth-order valence-electron chi connectivity index (χ4n) is 6.67. The summed E-state index contributed by atoms with van der Waals surface area (Å²) in [5, 5.41) is 10.6. The van der Waals surface area contributed by atoms with Crippen molar-refractivity contribution >= 4 is 22.5 Å². The highest BCUT2D eigenvalue weighted by molar-refractivity contribution is 5.95. The number of carbonyl (C=O) groups excluding carboxylic acids is 1. The third-order valence-electron chi connectivity index (χ3n) is 8.69. The van der Waals surface area contributed by atoms with Crippen LogP contribution in [-0.2, 0) is 4.74 Å². The molecule has 3 aromatic rings. The molecule has 208 valence electrons. The summed E-state index contributed by atoms with van der Waals surface area (Å²) in [6.07, 6.45) is 4.34. The van der Waals surface area contributed by atoms with Gasteiger partial charge in [-0.15, -0.1) is 0 Å². The number of pyridine rings is 1. The summed E-state index contributed by atoms with van der Waals surface area (Å²) in [4.78, 5) is 26.9. The summed E-state index contributed by atoms with van der Waals surface area (Å²) in [5.74, 6) is 0.149. The van der Waals surface area contributed by atoms with Crippen LogP contribution in [0.2, 0.25) is 0 Å². The number of piperazine rings is 1. The number of rotatable bonds is 5. The number of piperidine rings is 1. The normalized spacial score (nSPS) is 23.3. The number of likely N-dealkylation sites (tertiary alicyclic amines) is 1. The Kier molecular flexibility index (Phi) is 7.96. The molecule has 3 aliphatic rings. The summed E-state index contributed by atoms with van der Waals surface area (Å²) in [6.45, 7) is 10.4. The summed E-state index contributed by atoms with van der Waals surface area (Å²) in [6, 6.07) is 20.5. The number of aromatic nitrogens is 1. The smallest absolute Gasteiger partial charge is 0.253 e. The van der Waals surface area contributed by atoms with Gasteiger partial charge in [-0.25, -0.2) is 0 Å². The van der Waals surface area contributed by atoms with Crippen LogP contribution in [-0.4, -0.2) is 103 Å². The molecule has 8 heteroatoms. The SMILES string of the molecule is C[C@@H]1CN(c2ccc(C#N)c3ncccc23)C[C@H](CN2CCC(N3CCN(C(=O)c4ccccc4)CC3)CC2)O1. The Morgan fingerprint density at radius 1 is 0.975 bits per heavy atom. The number of nitriles is 1. The fourth-order valence-corrected chi connectivity index (χ4v) is 6.67. The zero-order valence-corrected chi connectivity index (χ0v) is 23.3. The molecule has 6 rings (SSSR count). The standard InChI is InChI=1S/C32H38N6O2/c1-24-21-38(30-10-9-26(20-33)31-29(30)8-5-13-34-31)23-28(40-24)22-35-14-11-27(12-15-35)36-16-18-37(19-17-36)32(39)25-6-3-2-4-7-25/h2-10,13,24,27-28H,11-12,14-19,21-23H2,1H3/t24-,28+/m1/s1. The molecule has 0 bridgehead atoms. The minimum Gasteiger partial charge on any atom is -0.370 e. The van der Waals surface area contributed by atoms with Crippen LogP contribution in [0.15, 0.2) is 60.8 Å². The van der Waals surface area contributed by atoms with Crippen molar-refractivity contribution in [2.75, 3.05) is 63.8 Å². The van der Waals surface area contributed by atoms with E-state index in [2.05, 4.69) is 44.8 Å². The Balaban J connectivity index is 1.01. The van der Waals surface area contributed by atoms with Crippen molar-refractivity contribution in [3.05, 3.63) is 71.9 Å². The molecule has 0 radical (unpaired) electrons. The van der Waals surface area contributed by atoms with Gasteiger partial charge in [-0.3, -0.25) is 14.7 Å². The number of nitrogens with zero attached hydrogens (tertiary/aromatic N) is 6. The average molecular weight is 539 g/mol. The molecular formula is C32H38N6O2. The van der Waals surface area contributed by atoms with Crippen LogP contribution in [0, 0.1) is 11.3 Å². The van der Waals surface area contributed by atoms with Gasteiger partial charge in [-0.2, -0.15) is 5.26 Å². The first-order chi connectivity index (χ1) is 19.6. The van der Waals surface area contributed by atoms with Crippen molar-refractivity contribution in [2.45, 2.75) is 38.0 Å². The zero-order chi connectivity index (χ0) is 27.5. The lowest BCUT2D eigenvalue weighted by Gasteiger charge is -2.44. The molecule has 3 fully saturated rings. The Bertz CT molecular complexity index is 1360. The van der Waals surface area contributed by atoms with E-state index in [0.717, 1.165) is 93.9 Å². The molecule has 3 aliphatic heterocycles. The van der Waals surface area contributed by atoms with E-state index in [0.29, 0.717) is 11.6 Å². The number of carbonyl (C=O) groups is 1. The van der Waals surface area contributed by atoms with Gasteiger partial charge in [0.1, 0.15) is 6.07 Å². The highest BCUT2D eigenvalue weighted by Gasteiger charge is 2.32. The van der Waals surface area contributed by atoms with Gasteiger partial charge in [0, 0.05) is 74.7 Å². The van der Waals surface area contributed by atoms with Crippen LogP contribution in [0.4, 0.5) is 5.69 Å². The molecule has 0 unspecified atom stereocenters. The lowest BCUT2D eigenvalue weighted by atomic mass is 10.0. The van der Waals surface area contributed by atoms with Crippen LogP contribution >= 0.6 is 0 Å². The zero-order valence-electron chi connectivity index (χ0n) is 23.3. The molecule has 1 amide bonds. The summed E-state index contributed by atoms with van der Waals surface area (Å²) >= 11 is 0. The molecule has 2 aromatic carbocycles. The van der Waals surface area contributed by atoms with Crippen molar-refractivity contribution in [1.82, 2.24) is 19.7 Å². The second kappa shape index (κ2) is 11.9. The maximum Gasteiger partial charge on any atom is 0.253 e. The first-order valence-electron chi connectivity index (χ1n) is 14.6. The minimum atomic E-state index is 0.133. The molecule has 3 saturated heterocycles. The molecule has 0 spiro atoms. The third-order valence-corrected chi connectivity index (χ3v) is 8.69. The predicted molar refractivity (Wildman–Crippen MR) is 156 cm³/mol. The first kappa shape index (κ1) is 26.7. The highest BCUT2D eigenvalue weighted by Crippen LogP contribution is 2.30. The molecule has 1 aromatic heterocycles. The number of benzene rings is 2. The molecule has 40 heavy (non-hydrogen) atoms. The van der Waals surface area contributed by atoms with Gasteiger partial charge >= 0.3 is 0 Å². The molecule has 0 N–H and O–H groups in total. The summed E-state index contributed by atoms with van der Waals surface area (Å²) in [7, 11) is 0. The van der Waals surface area contributed by atoms with Crippen LogP contribution in [0.1, 0.15) is 35.7 Å². The largest absolute Gasteiger partial charge is 0.370 e. The second-order valence-corrected chi connectivity index (χ2v) is 11.3. The van der Waals surface area contributed by atoms with Crippen LogP contribution in [0.3, 0.4) is 0 Å². The first-order valence-corrected chi connectivity index (χ1v) is 14.6. The van der Waals surface area contributed by atoms with E-state index in [1.54, 1.807) is 6.20 Å². The fraction of sp³-hybridized carbons (Fsp3) is 0.469. The maximum absolute atomic E-state index is 12.8. The van der Waals surface area contributed by atoms with E-state index in [9.17, 15) is 10.1 Å². The quantitative estimate of drug-likeness (QED) is 0.491. The van der Waals surface area contributed by atoms with E-state index < -0.39 is 0 Å². The Hall–Kier alpha value is -3.51. The van der Waals surface area contributed by atoms with Gasteiger partial charge in [0.2, 0.25) is 0 Å². The Labute approximate surface area is 236 Å². The monoisotopic (exact) mass is 538 g/mol. The van der Waals surface area contributed by atoms with Gasteiger partial charge in [-0.1, -0.05) is 18.2 Å². The number of fused-ring (bicyclic) bond motifs is 1. The highest BCUT2D eigenvalue weighted by atomic mass is 16.5. The molecule has 2 atom stereocenters.